The summed E-state index contributed by atoms with van der Waals surface area (Å²) >= 11 is 0. The Morgan fingerprint density at radius 2 is 1.79 bits per heavy atom. The quantitative estimate of drug-likeness (QED) is 0.901. The van der Waals surface area contributed by atoms with Crippen molar-refractivity contribution in [2.45, 2.75) is 39.7 Å². The van der Waals surface area contributed by atoms with E-state index in [9.17, 15) is 8.78 Å². The molecule has 1 aromatic carbocycles. The van der Waals surface area contributed by atoms with Gasteiger partial charge in [-0.1, -0.05) is 13.8 Å². The van der Waals surface area contributed by atoms with Crippen LogP contribution in [-0.4, -0.2) is 23.1 Å². The standard InChI is InChI=1S/C15H21F2NO/c1-3-15(4-2)5-6-18(10-15)9-11-7-12(16)14(19)13(17)8-11/h7-8,19H,3-6,9-10H2,1-2H3. The van der Waals surface area contributed by atoms with E-state index in [1.807, 2.05) is 0 Å². The van der Waals surface area contributed by atoms with E-state index in [0.717, 1.165) is 32.4 Å². The van der Waals surface area contributed by atoms with Crippen LogP contribution < -0.4 is 0 Å². The Morgan fingerprint density at radius 3 is 2.26 bits per heavy atom. The van der Waals surface area contributed by atoms with Crippen LogP contribution in [0, 0.1) is 17.0 Å². The zero-order valence-corrected chi connectivity index (χ0v) is 11.5. The van der Waals surface area contributed by atoms with E-state index in [1.165, 1.54) is 12.1 Å². The zero-order valence-electron chi connectivity index (χ0n) is 11.5. The van der Waals surface area contributed by atoms with Gasteiger partial charge in [0, 0.05) is 13.1 Å². The van der Waals surface area contributed by atoms with Gasteiger partial charge in [-0.2, -0.15) is 0 Å². The number of aromatic hydroxyl groups is 1. The first kappa shape index (κ1) is 14.3. The van der Waals surface area contributed by atoms with Gasteiger partial charge in [0.15, 0.2) is 17.4 Å². The first-order valence-corrected chi connectivity index (χ1v) is 6.89. The molecule has 1 aliphatic rings. The molecule has 2 nitrogen and oxygen atoms in total. The van der Waals surface area contributed by atoms with Crippen molar-refractivity contribution in [2.24, 2.45) is 5.41 Å². The summed E-state index contributed by atoms with van der Waals surface area (Å²) in [6.45, 7) is 6.88. The number of rotatable bonds is 4. The highest BCUT2D eigenvalue weighted by atomic mass is 19.1. The Hall–Kier alpha value is -1.16. The van der Waals surface area contributed by atoms with Gasteiger partial charge >= 0.3 is 0 Å². The predicted octanol–water partition coefficient (Wildman–Crippen LogP) is 3.68. The normalized spacial score (nSPS) is 18.9. The van der Waals surface area contributed by atoms with Crippen LogP contribution in [0.25, 0.3) is 0 Å². The lowest BCUT2D eigenvalue weighted by molar-refractivity contribution is 0.236. The van der Waals surface area contributed by atoms with Gasteiger partial charge < -0.3 is 5.11 Å². The van der Waals surface area contributed by atoms with Crippen LogP contribution in [0.1, 0.15) is 38.7 Å². The fourth-order valence-electron chi connectivity index (χ4n) is 2.96. The smallest absolute Gasteiger partial charge is 0.187 e. The molecule has 1 heterocycles. The van der Waals surface area contributed by atoms with E-state index < -0.39 is 17.4 Å². The third-order valence-electron chi connectivity index (χ3n) is 4.50. The number of hydrogen-bond acceptors (Lipinski definition) is 2. The summed E-state index contributed by atoms with van der Waals surface area (Å²) in [5.74, 6) is -2.65. The van der Waals surface area contributed by atoms with E-state index >= 15 is 0 Å². The number of phenols is 1. The van der Waals surface area contributed by atoms with Crippen LogP contribution in [0.4, 0.5) is 8.78 Å². The van der Waals surface area contributed by atoms with E-state index in [-0.39, 0.29) is 0 Å². The molecule has 0 bridgehead atoms. The molecule has 0 unspecified atom stereocenters. The molecule has 0 radical (unpaired) electrons. The number of likely N-dealkylation sites (tertiary alicyclic amines) is 1. The molecule has 19 heavy (non-hydrogen) atoms. The van der Waals surface area contributed by atoms with Crippen molar-refractivity contribution in [3.8, 4) is 5.75 Å². The monoisotopic (exact) mass is 269 g/mol. The molecular weight excluding hydrogens is 248 g/mol. The molecule has 1 N–H and O–H groups in total. The van der Waals surface area contributed by atoms with E-state index in [0.29, 0.717) is 17.5 Å². The van der Waals surface area contributed by atoms with Gasteiger partial charge in [0.05, 0.1) is 0 Å². The maximum absolute atomic E-state index is 13.3. The molecule has 1 fully saturated rings. The lowest BCUT2D eigenvalue weighted by Crippen LogP contribution is -2.26. The number of nitrogens with zero attached hydrogens (tertiary/aromatic N) is 1. The second kappa shape index (κ2) is 5.45. The van der Waals surface area contributed by atoms with Crippen LogP contribution in [0.2, 0.25) is 0 Å². The summed E-state index contributed by atoms with van der Waals surface area (Å²) < 4.78 is 26.6. The summed E-state index contributed by atoms with van der Waals surface area (Å²) in [4.78, 5) is 2.23. The Bertz CT molecular complexity index is 434. The second-order valence-electron chi connectivity index (χ2n) is 5.58. The molecular formula is C15H21F2NO. The van der Waals surface area contributed by atoms with E-state index in [2.05, 4.69) is 18.7 Å². The number of halogens is 2. The van der Waals surface area contributed by atoms with Crippen molar-refractivity contribution in [2.75, 3.05) is 13.1 Å². The van der Waals surface area contributed by atoms with Crippen molar-refractivity contribution < 1.29 is 13.9 Å². The van der Waals surface area contributed by atoms with Crippen molar-refractivity contribution in [1.29, 1.82) is 0 Å². The summed E-state index contributed by atoms with van der Waals surface area (Å²) in [6, 6.07) is 2.44. The fourth-order valence-corrected chi connectivity index (χ4v) is 2.96. The molecule has 106 valence electrons. The molecule has 1 saturated heterocycles. The van der Waals surface area contributed by atoms with Crippen molar-refractivity contribution >= 4 is 0 Å². The topological polar surface area (TPSA) is 23.5 Å². The summed E-state index contributed by atoms with van der Waals surface area (Å²) in [6.07, 6.45) is 3.42. The van der Waals surface area contributed by atoms with Crippen LogP contribution in [0.15, 0.2) is 12.1 Å². The van der Waals surface area contributed by atoms with Gasteiger partial charge in [-0.15, -0.1) is 0 Å². The Kier molecular flexibility index (Phi) is 4.09. The number of benzene rings is 1. The van der Waals surface area contributed by atoms with Crippen LogP contribution in [0.5, 0.6) is 5.75 Å². The van der Waals surface area contributed by atoms with Crippen LogP contribution in [-0.2, 0) is 6.54 Å². The van der Waals surface area contributed by atoms with Gasteiger partial charge in [-0.25, -0.2) is 8.78 Å². The average Bonchev–Trinajstić information content (AvgIpc) is 2.80. The lowest BCUT2D eigenvalue weighted by atomic mass is 9.82. The van der Waals surface area contributed by atoms with Crippen molar-refractivity contribution in [1.82, 2.24) is 4.90 Å². The summed E-state index contributed by atoms with van der Waals surface area (Å²) in [5.41, 5.74) is 0.935. The zero-order chi connectivity index (χ0) is 14.0. The molecule has 0 saturated carbocycles. The van der Waals surface area contributed by atoms with Gasteiger partial charge in [-0.3, -0.25) is 4.90 Å². The first-order chi connectivity index (χ1) is 8.99. The number of phenolic OH excluding ortho intramolecular Hbond substituents is 1. The highest BCUT2D eigenvalue weighted by molar-refractivity contribution is 5.30. The summed E-state index contributed by atoms with van der Waals surface area (Å²) in [5, 5.41) is 9.09. The lowest BCUT2D eigenvalue weighted by Gasteiger charge is -2.26. The minimum absolute atomic E-state index is 0.355. The SMILES string of the molecule is CCC1(CC)CCN(Cc2cc(F)c(O)c(F)c2)C1. The van der Waals surface area contributed by atoms with Crippen molar-refractivity contribution in [3.63, 3.8) is 0 Å². The Balaban J connectivity index is 2.07. The van der Waals surface area contributed by atoms with E-state index in [4.69, 9.17) is 5.11 Å². The third kappa shape index (κ3) is 2.89. The minimum atomic E-state index is -0.887. The van der Waals surface area contributed by atoms with Crippen LogP contribution in [0.3, 0.4) is 0 Å². The fraction of sp³-hybridized carbons (Fsp3) is 0.600. The molecule has 0 atom stereocenters. The molecule has 1 aliphatic heterocycles. The average molecular weight is 269 g/mol. The second-order valence-corrected chi connectivity index (χ2v) is 5.58. The van der Waals surface area contributed by atoms with Gasteiger partial charge in [0.25, 0.3) is 0 Å². The highest BCUT2D eigenvalue weighted by Crippen LogP contribution is 2.37. The summed E-state index contributed by atoms with van der Waals surface area (Å²) in [7, 11) is 0. The van der Waals surface area contributed by atoms with Gasteiger partial charge in [0.1, 0.15) is 0 Å². The minimum Gasteiger partial charge on any atom is -0.503 e. The Morgan fingerprint density at radius 1 is 1.21 bits per heavy atom. The number of hydrogen-bond donors (Lipinski definition) is 1. The van der Waals surface area contributed by atoms with E-state index in [1.54, 1.807) is 0 Å². The predicted molar refractivity (Wildman–Crippen MR) is 70.9 cm³/mol. The van der Waals surface area contributed by atoms with Crippen molar-refractivity contribution in [3.05, 3.63) is 29.3 Å². The van der Waals surface area contributed by atoms with Gasteiger partial charge in [0.2, 0.25) is 0 Å². The molecule has 1 aromatic rings. The maximum Gasteiger partial charge on any atom is 0.187 e. The van der Waals surface area contributed by atoms with Gasteiger partial charge in [-0.05, 0) is 48.9 Å². The molecule has 0 aromatic heterocycles. The maximum atomic E-state index is 13.3. The largest absolute Gasteiger partial charge is 0.503 e. The third-order valence-corrected chi connectivity index (χ3v) is 4.50. The molecule has 0 aliphatic carbocycles. The molecule has 0 spiro atoms. The molecule has 0 amide bonds. The van der Waals surface area contributed by atoms with Crippen LogP contribution >= 0.6 is 0 Å². The highest BCUT2D eigenvalue weighted by Gasteiger charge is 2.34. The first-order valence-electron chi connectivity index (χ1n) is 6.89. The Labute approximate surface area is 113 Å². The molecule has 4 heteroatoms. The molecule has 2 rings (SSSR count).